The lowest BCUT2D eigenvalue weighted by molar-refractivity contribution is -0.129. The van der Waals surface area contributed by atoms with Crippen LogP contribution in [0.25, 0.3) is 0 Å². The summed E-state index contributed by atoms with van der Waals surface area (Å²) >= 11 is 0. The molecule has 1 aliphatic rings. The van der Waals surface area contributed by atoms with Gasteiger partial charge in [-0.15, -0.1) is 0 Å². The van der Waals surface area contributed by atoms with Crippen molar-refractivity contribution < 1.29 is 14.3 Å². The largest absolute Gasteiger partial charge is 0.486 e. The summed E-state index contributed by atoms with van der Waals surface area (Å²) in [5.74, 6) is 0.403. The summed E-state index contributed by atoms with van der Waals surface area (Å²) in [4.78, 5) is 27.1. The highest BCUT2D eigenvalue weighted by Gasteiger charge is 2.30. The maximum Gasteiger partial charge on any atom is 0.246 e. The fourth-order valence-electron chi connectivity index (χ4n) is 3.51. The molecule has 0 bridgehead atoms. The van der Waals surface area contributed by atoms with Crippen molar-refractivity contribution in [2.45, 2.75) is 32.0 Å². The SMILES string of the molecule is CNC(=O)C(NC(=O)CN1Cc2ccccc2OC(C)(C)C1)c1ccccc1. The molecule has 2 N–H and O–H groups in total. The van der Waals surface area contributed by atoms with Gasteiger partial charge in [0.1, 0.15) is 17.4 Å². The number of ether oxygens (including phenoxy) is 1. The van der Waals surface area contributed by atoms with Gasteiger partial charge in [-0.25, -0.2) is 0 Å². The molecular formula is C22H27N3O3. The molecule has 2 aromatic rings. The van der Waals surface area contributed by atoms with E-state index in [1.165, 1.54) is 0 Å². The number of fused-ring (bicyclic) bond motifs is 1. The van der Waals surface area contributed by atoms with Gasteiger partial charge in [-0.05, 0) is 25.5 Å². The predicted molar refractivity (Wildman–Crippen MR) is 108 cm³/mol. The molecule has 0 spiro atoms. The first kappa shape index (κ1) is 19.9. The van der Waals surface area contributed by atoms with Crippen LogP contribution in [0.2, 0.25) is 0 Å². The van der Waals surface area contributed by atoms with E-state index in [4.69, 9.17) is 4.74 Å². The third-order valence-electron chi connectivity index (χ3n) is 4.67. The molecule has 0 saturated carbocycles. The minimum Gasteiger partial charge on any atom is -0.486 e. The Bertz CT molecular complexity index is 836. The van der Waals surface area contributed by atoms with E-state index in [-0.39, 0.29) is 18.4 Å². The predicted octanol–water partition coefficient (Wildman–Crippen LogP) is 2.26. The molecule has 0 fully saturated rings. The van der Waals surface area contributed by atoms with Gasteiger partial charge in [0.25, 0.3) is 0 Å². The Balaban J connectivity index is 1.73. The van der Waals surface area contributed by atoms with Crippen LogP contribution in [0.3, 0.4) is 0 Å². The summed E-state index contributed by atoms with van der Waals surface area (Å²) in [5.41, 5.74) is 1.37. The third kappa shape index (κ3) is 4.89. The third-order valence-corrected chi connectivity index (χ3v) is 4.67. The number of rotatable bonds is 5. The second-order valence-corrected chi connectivity index (χ2v) is 7.64. The van der Waals surface area contributed by atoms with Crippen LogP contribution >= 0.6 is 0 Å². The molecule has 1 atom stereocenters. The number of amides is 2. The van der Waals surface area contributed by atoms with Gasteiger partial charge >= 0.3 is 0 Å². The Morgan fingerprint density at radius 2 is 1.79 bits per heavy atom. The van der Waals surface area contributed by atoms with E-state index in [0.29, 0.717) is 13.1 Å². The normalized spacial score (nSPS) is 16.8. The summed E-state index contributed by atoms with van der Waals surface area (Å²) < 4.78 is 6.12. The summed E-state index contributed by atoms with van der Waals surface area (Å²) in [6.45, 7) is 5.42. The van der Waals surface area contributed by atoms with E-state index in [0.717, 1.165) is 16.9 Å². The molecule has 148 valence electrons. The lowest BCUT2D eigenvalue weighted by atomic mass is 10.1. The molecule has 1 unspecified atom stereocenters. The topological polar surface area (TPSA) is 70.7 Å². The molecule has 1 aliphatic heterocycles. The van der Waals surface area contributed by atoms with Gasteiger partial charge in [-0.2, -0.15) is 0 Å². The van der Waals surface area contributed by atoms with Crippen molar-refractivity contribution in [1.82, 2.24) is 15.5 Å². The maximum absolute atomic E-state index is 12.8. The van der Waals surface area contributed by atoms with Crippen molar-refractivity contribution in [2.24, 2.45) is 0 Å². The number of hydrogen-bond acceptors (Lipinski definition) is 4. The fourth-order valence-corrected chi connectivity index (χ4v) is 3.51. The van der Waals surface area contributed by atoms with Gasteiger partial charge in [-0.1, -0.05) is 48.5 Å². The standard InChI is InChI=1S/C22H27N3O3/c1-22(2)15-25(13-17-11-7-8-12-18(17)28-22)14-19(26)24-20(21(27)23-3)16-9-5-4-6-10-16/h4-12,20H,13-15H2,1-3H3,(H,23,27)(H,24,26). The maximum atomic E-state index is 12.8. The van der Waals surface area contributed by atoms with Gasteiger partial charge in [0.05, 0.1) is 6.54 Å². The van der Waals surface area contributed by atoms with Gasteiger partial charge in [-0.3, -0.25) is 14.5 Å². The first-order valence-electron chi connectivity index (χ1n) is 9.43. The molecule has 1 heterocycles. The van der Waals surface area contributed by atoms with E-state index >= 15 is 0 Å². The van der Waals surface area contributed by atoms with Crippen LogP contribution in [0.1, 0.15) is 31.0 Å². The average Bonchev–Trinajstić information content (AvgIpc) is 2.79. The van der Waals surface area contributed by atoms with Crippen molar-refractivity contribution >= 4 is 11.8 Å². The van der Waals surface area contributed by atoms with Crippen LogP contribution in [0.5, 0.6) is 5.75 Å². The first-order valence-corrected chi connectivity index (χ1v) is 9.43. The molecule has 0 radical (unpaired) electrons. The fraction of sp³-hybridized carbons (Fsp3) is 0.364. The molecule has 0 aromatic heterocycles. The van der Waals surface area contributed by atoms with Crippen molar-refractivity contribution in [3.8, 4) is 5.75 Å². The Morgan fingerprint density at radius 1 is 1.11 bits per heavy atom. The molecule has 2 aromatic carbocycles. The summed E-state index contributed by atoms with van der Waals surface area (Å²) in [6, 6.07) is 16.4. The summed E-state index contributed by atoms with van der Waals surface area (Å²) in [7, 11) is 1.57. The molecule has 3 rings (SSSR count). The first-order chi connectivity index (χ1) is 13.4. The molecule has 28 heavy (non-hydrogen) atoms. The molecule has 0 aliphatic carbocycles. The Morgan fingerprint density at radius 3 is 2.50 bits per heavy atom. The lowest BCUT2D eigenvalue weighted by Gasteiger charge is -2.29. The summed E-state index contributed by atoms with van der Waals surface area (Å²) in [5, 5.41) is 5.49. The van der Waals surface area contributed by atoms with Gasteiger partial charge in [0, 0.05) is 25.7 Å². The highest BCUT2D eigenvalue weighted by atomic mass is 16.5. The number of likely N-dealkylation sites (N-methyl/N-ethyl adjacent to an activating group) is 1. The van der Waals surface area contributed by atoms with Gasteiger partial charge < -0.3 is 15.4 Å². The van der Waals surface area contributed by atoms with Crippen LogP contribution in [0.15, 0.2) is 54.6 Å². The number of para-hydroxylation sites is 1. The minimum atomic E-state index is -0.720. The smallest absolute Gasteiger partial charge is 0.246 e. The van der Waals surface area contributed by atoms with Crippen LogP contribution in [-0.4, -0.2) is 42.5 Å². The number of benzene rings is 2. The van der Waals surface area contributed by atoms with Crippen molar-refractivity contribution in [3.63, 3.8) is 0 Å². The van der Waals surface area contributed by atoms with E-state index in [1.54, 1.807) is 7.05 Å². The van der Waals surface area contributed by atoms with Crippen LogP contribution in [-0.2, 0) is 16.1 Å². The highest BCUT2D eigenvalue weighted by Crippen LogP contribution is 2.29. The highest BCUT2D eigenvalue weighted by molar-refractivity contribution is 5.89. The number of nitrogens with one attached hydrogen (secondary N) is 2. The number of hydrogen-bond donors (Lipinski definition) is 2. The Kier molecular flexibility index (Phi) is 5.99. The van der Waals surface area contributed by atoms with Gasteiger partial charge in [0.2, 0.25) is 11.8 Å². The average molecular weight is 381 g/mol. The zero-order chi connectivity index (χ0) is 20.1. The Hall–Kier alpha value is -2.86. The van der Waals surface area contributed by atoms with Crippen LogP contribution in [0.4, 0.5) is 0 Å². The number of carbonyl (C=O) groups excluding carboxylic acids is 2. The molecule has 6 heteroatoms. The lowest BCUT2D eigenvalue weighted by Crippen LogP contribution is -2.47. The van der Waals surface area contributed by atoms with Crippen molar-refractivity contribution in [3.05, 3.63) is 65.7 Å². The van der Waals surface area contributed by atoms with Gasteiger partial charge in [0.15, 0.2) is 0 Å². The molecule has 2 amide bonds. The monoisotopic (exact) mass is 381 g/mol. The quantitative estimate of drug-likeness (QED) is 0.834. The zero-order valence-corrected chi connectivity index (χ0v) is 16.6. The second-order valence-electron chi connectivity index (χ2n) is 7.64. The van der Waals surface area contributed by atoms with E-state index < -0.39 is 11.6 Å². The van der Waals surface area contributed by atoms with Crippen molar-refractivity contribution in [1.29, 1.82) is 0 Å². The van der Waals surface area contributed by atoms with Crippen LogP contribution < -0.4 is 15.4 Å². The minimum absolute atomic E-state index is 0.182. The summed E-state index contributed by atoms with van der Waals surface area (Å²) in [6.07, 6.45) is 0. The van der Waals surface area contributed by atoms with E-state index in [9.17, 15) is 9.59 Å². The van der Waals surface area contributed by atoms with Crippen LogP contribution in [0, 0.1) is 0 Å². The van der Waals surface area contributed by atoms with E-state index in [2.05, 4.69) is 10.6 Å². The van der Waals surface area contributed by atoms with E-state index in [1.807, 2.05) is 73.3 Å². The molecular weight excluding hydrogens is 354 g/mol. The van der Waals surface area contributed by atoms with Crippen molar-refractivity contribution in [2.75, 3.05) is 20.1 Å². The number of carbonyl (C=O) groups is 2. The Labute approximate surface area is 165 Å². The molecule has 6 nitrogen and oxygen atoms in total. The zero-order valence-electron chi connectivity index (χ0n) is 16.6. The molecule has 0 saturated heterocycles. The second kappa shape index (κ2) is 8.44. The number of nitrogens with zero attached hydrogens (tertiary/aromatic N) is 1.